The van der Waals surface area contributed by atoms with Gasteiger partial charge in [-0.1, -0.05) is 6.92 Å². The normalized spacial score (nSPS) is 12.5. The monoisotopic (exact) mass is 226 g/mol. The molecule has 16 heavy (non-hydrogen) atoms. The maximum atomic E-state index is 13.0. The van der Waals surface area contributed by atoms with E-state index in [9.17, 15) is 4.39 Å². The van der Waals surface area contributed by atoms with E-state index in [4.69, 9.17) is 4.74 Å². The lowest BCUT2D eigenvalue weighted by atomic mass is 10.2. The van der Waals surface area contributed by atoms with E-state index in [1.165, 1.54) is 12.3 Å². The Kier molecular flexibility index (Phi) is 5.19. The van der Waals surface area contributed by atoms with Crippen molar-refractivity contribution in [2.75, 3.05) is 25.2 Å². The van der Waals surface area contributed by atoms with Crippen molar-refractivity contribution in [2.24, 2.45) is 0 Å². The van der Waals surface area contributed by atoms with Crippen LogP contribution >= 0.6 is 0 Å². The van der Waals surface area contributed by atoms with Crippen LogP contribution in [0.15, 0.2) is 18.3 Å². The molecule has 1 aromatic rings. The smallest absolute Gasteiger partial charge is 0.214 e. The maximum absolute atomic E-state index is 13.0. The molecule has 0 amide bonds. The fraction of sp³-hybridized carbons (Fsp3) is 0.583. The first kappa shape index (κ1) is 12.9. The van der Waals surface area contributed by atoms with Gasteiger partial charge >= 0.3 is 0 Å². The summed E-state index contributed by atoms with van der Waals surface area (Å²) in [5, 5.41) is 0. The molecule has 0 aliphatic rings. The number of nitrogens with zero attached hydrogens (tertiary/aromatic N) is 2. The van der Waals surface area contributed by atoms with Gasteiger partial charge in [0, 0.05) is 37.6 Å². The molecule has 0 aromatic carbocycles. The quantitative estimate of drug-likeness (QED) is 0.697. The van der Waals surface area contributed by atoms with E-state index in [0.717, 1.165) is 18.7 Å². The summed E-state index contributed by atoms with van der Waals surface area (Å²) >= 11 is 0. The number of pyridine rings is 1. The Labute approximate surface area is 96.2 Å². The van der Waals surface area contributed by atoms with Gasteiger partial charge in [0.05, 0.1) is 6.61 Å². The van der Waals surface area contributed by atoms with Crippen molar-refractivity contribution in [3.63, 3.8) is 0 Å². The van der Waals surface area contributed by atoms with E-state index in [-0.39, 0.29) is 0 Å². The number of ether oxygens (including phenoxy) is 1. The van der Waals surface area contributed by atoms with Crippen LogP contribution in [0.2, 0.25) is 0 Å². The van der Waals surface area contributed by atoms with Gasteiger partial charge in [0.25, 0.3) is 0 Å². The molecular formula is C12H19FN2O. The molecule has 0 fully saturated rings. The highest BCUT2D eigenvalue weighted by molar-refractivity contribution is 5.45. The van der Waals surface area contributed by atoms with Crippen LogP contribution in [0.3, 0.4) is 0 Å². The van der Waals surface area contributed by atoms with E-state index in [2.05, 4.69) is 23.7 Å². The molecule has 0 radical (unpaired) electrons. The Morgan fingerprint density at radius 3 is 2.88 bits per heavy atom. The van der Waals surface area contributed by atoms with Gasteiger partial charge in [-0.15, -0.1) is 0 Å². The van der Waals surface area contributed by atoms with E-state index in [0.29, 0.717) is 12.6 Å². The van der Waals surface area contributed by atoms with Crippen LogP contribution in [0, 0.1) is 5.95 Å². The van der Waals surface area contributed by atoms with Crippen molar-refractivity contribution in [1.82, 2.24) is 4.98 Å². The van der Waals surface area contributed by atoms with E-state index < -0.39 is 5.95 Å². The summed E-state index contributed by atoms with van der Waals surface area (Å²) in [6.07, 6.45) is 2.50. The third kappa shape index (κ3) is 3.45. The van der Waals surface area contributed by atoms with Gasteiger partial charge in [-0.25, -0.2) is 4.98 Å². The van der Waals surface area contributed by atoms with Gasteiger partial charge < -0.3 is 9.64 Å². The lowest BCUT2D eigenvalue weighted by Crippen LogP contribution is -2.35. The molecule has 0 bridgehead atoms. The van der Waals surface area contributed by atoms with Gasteiger partial charge in [0.1, 0.15) is 0 Å². The molecule has 1 atom stereocenters. The molecule has 1 rings (SSSR count). The largest absolute Gasteiger partial charge is 0.383 e. The zero-order chi connectivity index (χ0) is 12.0. The Balaban J connectivity index is 2.82. The summed E-state index contributed by atoms with van der Waals surface area (Å²) in [7, 11) is 1.67. The van der Waals surface area contributed by atoms with Gasteiger partial charge in [0.2, 0.25) is 5.95 Å². The van der Waals surface area contributed by atoms with Gasteiger partial charge in [-0.2, -0.15) is 4.39 Å². The summed E-state index contributed by atoms with van der Waals surface area (Å²) in [6.45, 7) is 5.62. The van der Waals surface area contributed by atoms with E-state index >= 15 is 0 Å². The predicted molar refractivity (Wildman–Crippen MR) is 63.2 cm³/mol. The third-order valence-electron chi connectivity index (χ3n) is 2.70. The minimum Gasteiger partial charge on any atom is -0.383 e. The van der Waals surface area contributed by atoms with Gasteiger partial charge in [-0.05, 0) is 19.4 Å². The number of anilines is 1. The number of halogens is 1. The van der Waals surface area contributed by atoms with E-state index in [1.807, 2.05) is 6.07 Å². The van der Waals surface area contributed by atoms with Gasteiger partial charge in [0.15, 0.2) is 0 Å². The Bertz CT molecular complexity index is 320. The van der Waals surface area contributed by atoms with Crippen LogP contribution in [-0.2, 0) is 4.74 Å². The van der Waals surface area contributed by atoms with Crippen LogP contribution < -0.4 is 4.90 Å². The van der Waals surface area contributed by atoms with Crippen LogP contribution in [0.5, 0.6) is 0 Å². The molecule has 0 saturated heterocycles. The van der Waals surface area contributed by atoms with E-state index in [1.54, 1.807) is 7.11 Å². The summed E-state index contributed by atoms with van der Waals surface area (Å²) < 4.78 is 18.1. The number of methoxy groups -OCH3 is 1. The predicted octanol–water partition coefficient (Wildman–Crippen LogP) is 2.47. The lowest BCUT2D eigenvalue weighted by Gasteiger charge is -2.30. The molecule has 1 unspecified atom stereocenters. The molecule has 90 valence electrons. The highest BCUT2D eigenvalue weighted by Crippen LogP contribution is 2.18. The van der Waals surface area contributed by atoms with Crippen molar-refractivity contribution in [1.29, 1.82) is 0 Å². The zero-order valence-electron chi connectivity index (χ0n) is 10.1. The molecule has 0 aliphatic heterocycles. The number of rotatable bonds is 6. The fourth-order valence-corrected chi connectivity index (χ4v) is 1.58. The van der Waals surface area contributed by atoms with Crippen molar-refractivity contribution in [3.8, 4) is 0 Å². The second kappa shape index (κ2) is 6.43. The Morgan fingerprint density at radius 2 is 2.31 bits per heavy atom. The second-order valence-electron chi connectivity index (χ2n) is 3.78. The SMILES string of the molecule is CCC(C)N(CCOC)c1ccnc(F)c1. The summed E-state index contributed by atoms with van der Waals surface area (Å²) in [4.78, 5) is 5.70. The first-order valence-corrected chi connectivity index (χ1v) is 5.56. The first-order valence-electron chi connectivity index (χ1n) is 5.56. The fourth-order valence-electron chi connectivity index (χ4n) is 1.58. The molecule has 1 aromatic heterocycles. The Morgan fingerprint density at radius 1 is 1.56 bits per heavy atom. The molecule has 0 spiro atoms. The molecule has 1 heterocycles. The molecule has 4 heteroatoms. The molecule has 0 saturated carbocycles. The standard InChI is InChI=1S/C12H19FN2O/c1-4-10(2)15(7-8-16-3)11-5-6-14-12(13)9-11/h5-6,9-10H,4,7-8H2,1-3H3. The molecular weight excluding hydrogens is 207 g/mol. The second-order valence-corrected chi connectivity index (χ2v) is 3.78. The summed E-state index contributed by atoms with van der Waals surface area (Å²) in [5.74, 6) is -0.441. The third-order valence-corrected chi connectivity index (χ3v) is 2.70. The highest BCUT2D eigenvalue weighted by atomic mass is 19.1. The number of hydrogen-bond donors (Lipinski definition) is 0. The highest BCUT2D eigenvalue weighted by Gasteiger charge is 2.13. The molecule has 0 N–H and O–H groups in total. The van der Waals surface area contributed by atoms with Crippen molar-refractivity contribution < 1.29 is 9.13 Å². The molecule has 3 nitrogen and oxygen atoms in total. The van der Waals surface area contributed by atoms with Gasteiger partial charge in [-0.3, -0.25) is 0 Å². The summed E-state index contributed by atoms with van der Waals surface area (Å²) in [5.41, 5.74) is 0.860. The van der Waals surface area contributed by atoms with Crippen LogP contribution in [0.4, 0.5) is 10.1 Å². The van der Waals surface area contributed by atoms with Crippen LogP contribution in [0.25, 0.3) is 0 Å². The minimum absolute atomic E-state index is 0.358. The zero-order valence-corrected chi connectivity index (χ0v) is 10.1. The summed E-state index contributed by atoms with van der Waals surface area (Å²) in [6, 6.07) is 3.64. The van der Waals surface area contributed by atoms with Crippen molar-refractivity contribution >= 4 is 5.69 Å². The van der Waals surface area contributed by atoms with Crippen LogP contribution in [0.1, 0.15) is 20.3 Å². The average Bonchev–Trinajstić information content (AvgIpc) is 2.29. The average molecular weight is 226 g/mol. The topological polar surface area (TPSA) is 25.4 Å². The minimum atomic E-state index is -0.441. The maximum Gasteiger partial charge on any atom is 0.214 e. The Hall–Kier alpha value is -1.16. The number of aromatic nitrogens is 1. The van der Waals surface area contributed by atoms with Crippen LogP contribution in [-0.4, -0.2) is 31.3 Å². The van der Waals surface area contributed by atoms with Crippen molar-refractivity contribution in [3.05, 3.63) is 24.3 Å². The lowest BCUT2D eigenvalue weighted by molar-refractivity contribution is 0.203. The molecule has 0 aliphatic carbocycles. The van der Waals surface area contributed by atoms with Crippen molar-refractivity contribution in [2.45, 2.75) is 26.3 Å². The number of hydrogen-bond acceptors (Lipinski definition) is 3. The first-order chi connectivity index (χ1) is 7.69.